The van der Waals surface area contributed by atoms with Crippen LogP contribution in [0, 0.1) is 0 Å². The summed E-state index contributed by atoms with van der Waals surface area (Å²) in [6, 6.07) is 6.86. The third-order valence-electron chi connectivity index (χ3n) is 8.81. The normalized spacial score (nSPS) is 18.1. The number of amides is 4. The first-order chi connectivity index (χ1) is 24.9. The van der Waals surface area contributed by atoms with Crippen molar-refractivity contribution in [2.75, 3.05) is 58.5 Å². The molecule has 4 N–H and O–H groups in total. The fourth-order valence-electron chi connectivity index (χ4n) is 6.23. The number of thioether (sulfide) groups is 1. The van der Waals surface area contributed by atoms with Crippen molar-refractivity contribution >= 4 is 57.3 Å². The number of rotatable bonds is 24. The standard InChI is InChI=1S/C36H48N4O10S/c41-27(32-34-25(12-17-49-34)22-24-10-11-31(44)50-35(24)32)6-3-9-30(43)38-14-5-16-47-19-21-48-20-18-46-15-4-13-37-29(42)8-2-1-7-28-33-26(23-51-28)39-36(45)40-33/h10-12,17,22,26,28,33H,1-9,13-16,18-21,23H2,(H,37,42)(H,38,43)(H2,39,40,45)/t26-,28-,33-/m0/s1. The Morgan fingerprint density at radius 3 is 2.16 bits per heavy atom. The van der Waals surface area contributed by atoms with Crippen LogP contribution in [0.4, 0.5) is 4.79 Å². The second kappa shape index (κ2) is 20.2. The van der Waals surface area contributed by atoms with Crippen molar-refractivity contribution in [3.05, 3.63) is 46.5 Å². The summed E-state index contributed by atoms with van der Waals surface area (Å²) in [5.41, 5.74) is 0.249. The molecule has 15 heteroatoms. The molecule has 278 valence electrons. The summed E-state index contributed by atoms with van der Waals surface area (Å²) in [6.45, 7) is 3.87. The lowest BCUT2D eigenvalue weighted by molar-refractivity contribution is -0.122. The quantitative estimate of drug-likeness (QED) is 0.0456. The number of ketones is 1. The van der Waals surface area contributed by atoms with E-state index in [1.165, 1.54) is 12.3 Å². The summed E-state index contributed by atoms with van der Waals surface area (Å²) in [5, 5.41) is 13.5. The topological polar surface area (TPSA) is 187 Å². The highest BCUT2D eigenvalue weighted by molar-refractivity contribution is 8.00. The Bertz CT molecular complexity index is 1680. The first-order valence-electron chi connectivity index (χ1n) is 17.8. The number of benzene rings is 1. The van der Waals surface area contributed by atoms with Crippen LogP contribution in [0.25, 0.3) is 21.9 Å². The maximum atomic E-state index is 13.1. The van der Waals surface area contributed by atoms with Crippen LogP contribution in [0.3, 0.4) is 0 Å². The van der Waals surface area contributed by atoms with Crippen LogP contribution in [0.1, 0.15) is 68.1 Å². The number of furan rings is 1. The fraction of sp³-hybridized carbons (Fsp3) is 0.583. The minimum atomic E-state index is -0.549. The van der Waals surface area contributed by atoms with Gasteiger partial charge in [0.05, 0.1) is 44.8 Å². The maximum Gasteiger partial charge on any atom is 0.336 e. The highest BCUT2D eigenvalue weighted by Gasteiger charge is 2.42. The molecule has 51 heavy (non-hydrogen) atoms. The maximum absolute atomic E-state index is 13.1. The van der Waals surface area contributed by atoms with E-state index in [-0.39, 0.29) is 59.7 Å². The monoisotopic (exact) mass is 728 g/mol. The van der Waals surface area contributed by atoms with Gasteiger partial charge in [0.1, 0.15) is 11.1 Å². The molecule has 3 atom stereocenters. The van der Waals surface area contributed by atoms with Crippen LogP contribution >= 0.6 is 11.8 Å². The van der Waals surface area contributed by atoms with Gasteiger partial charge < -0.3 is 44.3 Å². The second-order valence-corrected chi connectivity index (χ2v) is 13.9. The fourth-order valence-corrected chi connectivity index (χ4v) is 7.77. The molecule has 4 amide bonds. The minimum Gasteiger partial charge on any atom is -0.463 e. The lowest BCUT2D eigenvalue weighted by Crippen LogP contribution is -2.36. The van der Waals surface area contributed by atoms with E-state index < -0.39 is 5.63 Å². The third kappa shape index (κ3) is 11.8. The first kappa shape index (κ1) is 38.3. The Hall–Kier alpha value is -3.92. The first-order valence-corrected chi connectivity index (χ1v) is 18.9. The molecule has 0 bridgehead atoms. The van der Waals surface area contributed by atoms with Gasteiger partial charge in [-0.3, -0.25) is 14.4 Å². The number of urea groups is 1. The van der Waals surface area contributed by atoms with E-state index in [1.54, 1.807) is 18.2 Å². The van der Waals surface area contributed by atoms with Crippen molar-refractivity contribution in [3.8, 4) is 0 Å². The Balaban J connectivity index is 0.782. The van der Waals surface area contributed by atoms with Gasteiger partial charge in [0.25, 0.3) is 0 Å². The van der Waals surface area contributed by atoms with Crippen LogP contribution in [-0.4, -0.2) is 99.4 Å². The van der Waals surface area contributed by atoms with Gasteiger partial charge in [0, 0.05) is 73.4 Å². The van der Waals surface area contributed by atoms with Crippen LogP contribution in [0.2, 0.25) is 0 Å². The zero-order valence-electron chi connectivity index (χ0n) is 28.8. The minimum absolute atomic E-state index is 0.0608. The molecule has 1 aromatic carbocycles. The number of hydrogen-bond donors (Lipinski definition) is 4. The largest absolute Gasteiger partial charge is 0.463 e. The Kier molecular flexibility index (Phi) is 15.2. The molecule has 14 nitrogen and oxygen atoms in total. The number of unbranched alkanes of at least 4 members (excludes halogenated alkanes) is 1. The summed E-state index contributed by atoms with van der Waals surface area (Å²) >= 11 is 1.90. The lowest BCUT2D eigenvalue weighted by Gasteiger charge is -2.16. The molecule has 3 aromatic rings. The molecular formula is C36H48N4O10S. The zero-order chi connectivity index (χ0) is 35.8. The highest BCUT2D eigenvalue weighted by Crippen LogP contribution is 2.33. The van der Waals surface area contributed by atoms with Crippen LogP contribution in [0.15, 0.2) is 44.2 Å². The van der Waals surface area contributed by atoms with Crippen molar-refractivity contribution in [1.29, 1.82) is 0 Å². The van der Waals surface area contributed by atoms with Gasteiger partial charge in [0.15, 0.2) is 11.4 Å². The van der Waals surface area contributed by atoms with Crippen molar-refractivity contribution in [2.45, 2.75) is 75.1 Å². The average molecular weight is 729 g/mol. The van der Waals surface area contributed by atoms with Crippen LogP contribution in [-0.2, 0) is 23.8 Å². The number of carbonyl (C=O) groups excluding carboxylic acids is 4. The average Bonchev–Trinajstić information content (AvgIpc) is 3.83. The molecule has 0 radical (unpaired) electrons. The molecule has 0 aliphatic carbocycles. The van der Waals surface area contributed by atoms with Gasteiger partial charge in [-0.15, -0.1) is 0 Å². The molecule has 4 heterocycles. The number of hydrogen-bond acceptors (Lipinski definition) is 11. The lowest BCUT2D eigenvalue weighted by atomic mass is 10.0. The Morgan fingerprint density at radius 1 is 0.765 bits per heavy atom. The molecule has 2 fully saturated rings. The van der Waals surface area contributed by atoms with Crippen molar-refractivity contribution in [3.63, 3.8) is 0 Å². The van der Waals surface area contributed by atoms with E-state index in [1.807, 2.05) is 11.8 Å². The number of fused-ring (bicyclic) bond motifs is 3. The van der Waals surface area contributed by atoms with Gasteiger partial charge in [-0.25, -0.2) is 9.59 Å². The summed E-state index contributed by atoms with van der Waals surface area (Å²) in [5.74, 6) is 0.617. The van der Waals surface area contributed by atoms with Crippen LogP contribution in [0.5, 0.6) is 0 Å². The van der Waals surface area contributed by atoms with Crippen molar-refractivity contribution in [2.24, 2.45) is 0 Å². The van der Waals surface area contributed by atoms with E-state index in [0.717, 1.165) is 36.8 Å². The van der Waals surface area contributed by atoms with Crippen LogP contribution < -0.4 is 26.9 Å². The van der Waals surface area contributed by atoms with E-state index >= 15 is 0 Å². The van der Waals surface area contributed by atoms with Gasteiger partial charge in [-0.1, -0.05) is 6.42 Å². The predicted molar refractivity (Wildman–Crippen MR) is 192 cm³/mol. The SMILES string of the molecule is O=C(CCCC[C@@H]1SC[C@@H]2NC(=O)N[C@@H]21)NCCCOCCOCCOCCCNC(=O)CCCC(=O)c1c2occc2cc2ccc(=O)oc12. The molecule has 2 aromatic heterocycles. The number of Topliss-reactive ketones (excluding diaryl/α,β-unsaturated/α-hetero) is 1. The Morgan fingerprint density at radius 2 is 1.43 bits per heavy atom. The second-order valence-electron chi connectivity index (χ2n) is 12.7. The third-order valence-corrected chi connectivity index (χ3v) is 10.3. The molecule has 5 rings (SSSR count). The summed E-state index contributed by atoms with van der Waals surface area (Å²) in [4.78, 5) is 60.7. The highest BCUT2D eigenvalue weighted by atomic mass is 32.2. The molecule has 0 saturated carbocycles. The van der Waals surface area contributed by atoms with Crippen molar-refractivity contribution in [1.82, 2.24) is 21.3 Å². The molecule has 2 aliphatic heterocycles. The van der Waals surface area contributed by atoms with E-state index in [4.69, 9.17) is 23.0 Å². The van der Waals surface area contributed by atoms with E-state index in [2.05, 4.69) is 21.3 Å². The molecule has 0 spiro atoms. The molecule has 0 unspecified atom stereocenters. The van der Waals surface area contributed by atoms with Gasteiger partial charge in [-0.05, 0) is 50.3 Å². The summed E-state index contributed by atoms with van der Waals surface area (Å²) < 4.78 is 27.5. The predicted octanol–water partition coefficient (Wildman–Crippen LogP) is 3.68. The van der Waals surface area contributed by atoms with Gasteiger partial charge >= 0.3 is 11.7 Å². The Labute approximate surface area is 300 Å². The number of nitrogens with one attached hydrogen (secondary N) is 4. The van der Waals surface area contributed by atoms with E-state index in [9.17, 15) is 24.0 Å². The smallest absolute Gasteiger partial charge is 0.336 e. The zero-order valence-corrected chi connectivity index (χ0v) is 29.7. The number of ether oxygens (including phenoxy) is 3. The molecular weight excluding hydrogens is 680 g/mol. The van der Waals surface area contributed by atoms with Gasteiger partial charge in [0.2, 0.25) is 11.8 Å². The summed E-state index contributed by atoms with van der Waals surface area (Å²) in [6.07, 6.45) is 6.85. The molecule has 2 saturated heterocycles. The van der Waals surface area contributed by atoms with Crippen molar-refractivity contribution < 1.29 is 42.2 Å². The molecule has 2 aliphatic rings. The number of carbonyl (C=O) groups is 4. The summed E-state index contributed by atoms with van der Waals surface area (Å²) in [7, 11) is 0. The van der Waals surface area contributed by atoms with E-state index in [0.29, 0.717) is 88.2 Å². The van der Waals surface area contributed by atoms with Gasteiger partial charge in [-0.2, -0.15) is 11.8 Å².